The molecule has 36 heavy (non-hydrogen) atoms. The number of ether oxygens (including phenoxy) is 1. The van der Waals surface area contributed by atoms with Crippen LogP contribution in [-0.4, -0.2) is 67.8 Å². The summed E-state index contributed by atoms with van der Waals surface area (Å²) >= 11 is 0. The maximum absolute atomic E-state index is 10.6. The molecule has 0 atom stereocenters. The molecule has 0 saturated heterocycles. The summed E-state index contributed by atoms with van der Waals surface area (Å²) in [6, 6.07) is 6.47. The highest BCUT2D eigenvalue weighted by atomic mass is 19.4. The van der Waals surface area contributed by atoms with Gasteiger partial charge in [-0.25, -0.2) is 9.59 Å². The van der Waals surface area contributed by atoms with E-state index in [-0.39, 0.29) is 0 Å². The molecule has 3 rings (SSSR count). The first-order valence-electron chi connectivity index (χ1n) is 10.4. The summed E-state index contributed by atoms with van der Waals surface area (Å²) in [7, 11) is 1.73. The molecule has 0 aliphatic carbocycles. The SMILES string of the molecule is COCc1nn(C(C)C)c2c1CCN(Cc1ccccn1)C2.O=C(O)C(F)(F)F.O=C(O)C(F)(F)F. The lowest BCUT2D eigenvalue weighted by Gasteiger charge is -2.28. The molecule has 0 amide bonds. The van der Waals surface area contributed by atoms with Crippen LogP contribution in [0.1, 0.15) is 42.5 Å². The largest absolute Gasteiger partial charge is 0.490 e. The van der Waals surface area contributed by atoms with Crippen LogP contribution < -0.4 is 0 Å². The average molecular weight is 528 g/mol. The Hall–Kier alpha value is -3.20. The molecule has 2 N–H and O–H groups in total. The highest BCUT2D eigenvalue weighted by Gasteiger charge is 2.38. The highest BCUT2D eigenvalue weighted by Crippen LogP contribution is 2.26. The molecule has 1 aliphatic heterocycles. The first kappa shape index (κ1) is 30.8. The Morgan fingerprint density at radius 3 is 2.06 bits per heavy atom. The quantitative estimate of drug-likeness (QED) is 0.563. The average Bonchev–Trinajstić information content (AvgIpc) is 3.12. The van der Waals surface area contributed by atoms with Crippen LogP contribution in [0.25, 0.3) is 0 Å². The summed E-state index contributed by atoms with van der Waals surface area (Å²) in [6.45, 7) is 7.83. The monoisotopic (exact) mass is 528 g/mol. The number of alkyl halides is 6. The van der Waals surface area contributed by atoms with Gasteiger partial charge in [-0.1, -0.05) is 6.07 Å². The van der Waals surface area contributed by atoms with Crippen LogP contribution in [0.2, 0.25) is 0 Å². The molecule has 0 radical (unpaired) electrons. The van der Waals surface area contributed by atoms with Gasteiger partial charge < -0.3 is 14.9 Å². The minimum Gasteiger partial charge on any atom is -0.475 e. The van der Waals surface area contributed by atoms with E-state index in [1.54, 1.807) is 7.11 Å². The van der Waals surface area contributed by atoms with Gasteiger partial charge in [0.05, 0.1) is 23.7 Å². The van der Waals surface area contributed by atoms with Crippen molar-refractivity contribution in [3.8, 4) is 0 Å². The smallest absolute Gasteiger partial charge is 0.475 e. The summed E-state index contributed by atoms with van der Waals surface area (Å²) in [4.78, 5) is 24.7. The Kier molecular flexibility index (Phi) is 11.3. The van der Waals surface area contributed by atoms with E-state index in [1.165, 1.54) is 11.3 Å². The minimum atomic E-state index is -5.08. The lowest BCUT2D eigenvalue weighted by molar-refractivity contribution is -0.193. The first-order chi connectivity index (χ1) is 16.6. The van der Waals surface area contributed by atoms with E-state index in [0.717, 1.165) is 37.4 Å². The number of carboxylic acids is 2. The van der Waals surface area contributed by atoms with Crippen LogP contribution in [0, 0.1) is 0 Å². The topological polar surface area (TPSA) is 118 Å². The molecular formula is C21H26F6N4O5. The van der Waals surface area contributed by atoms with Gasteiger partial charge in [0, 0.05) is 44.5 Å². The van der Waals surface area contributed by atoms with E-state index in [1.807, 2.05) is 18.3 Å². The van der Waals surface area contributed by atoms with Gasteiger partial charge in [-0.05, 0) is 32.4 Å². The second-order valence-electron chi connectivity index (χ2n) is 7.73. The second kappa shape index (κ2) is 13.2. The molecule has 0 saturated carbocycles. The maximum atomic E-state index is 10.6. The third-order valence-electron chi connectivity index (χ3n) is 4.62. The molecule has 0 bridgehead atoms. The molecule has 1 aliphatic rings. The van der Waals surface area contributed by atoms with Crippen molar-refractivity contribution < 1.29 is 50.9 Å². The van der Waals surface area contributed by atoms with Crippen LogP contribution in [0.5, 0.6) is 0 Å². The van der Waals surface area contributed by atoms with Crippen molar-refractivity contribution in [3.63, 3.8) is 0 Å². The van der Waals surface area contributed by atoms with E-state index >= 15 is 0 Å². The fraction of sp³-hybridized carbons (Fsp3) is 0.524. The van der Waals surface area contributed by atoms with Crippen LogP contribution >= 0.6 is 0 Å². The van der Waals surface area contributed by atoms with Gasteiger partial charge in [0.1, 0.15) is 0 Å². The number of hydrogen-bond acceptors (Lipinski definition) is 6. The van der Waals surface area contributed by atoms with Gasteiger partial charge in [0.15, 0.2) is 0 Å². The summed E-state index contributed by atoms with van der Waals surface area (Å²) in [5.41, 5.74) is 4.94. The number of carboxylic acid groups (broad SMARTS) is 2. The Morgan fingerprint density at radius 1 is 1.08 bits per heavy atom. The Balaban J connectivity index is 0.000000383. The number of nitrogens with zero attached hydrogens (tertiary/aromatic N) is 4. The fourth-order valence-electron chi connectivity index (χ4n) is 3.11. The van der Waals surface area contributed by atoms with Gasteiger partial charge >= 0.3 is 24.3 Å². The van der Waals surface area contributed by atoms with Gasteiger partial charge in [-0.2, -0.15) is 31.4 Å². The summed E-state index contributed by atoms with van der Waals surface area (Å²) in [5.74, 6) is -5.51. The van der Waals surface area contributed by atoms with Gasteiger partial charge in [0.25, 0.3) is 0 Å². The fourth-order valence-corrected chi connectivity index (χ4v) is 3.11. The van der Waals surface area contributed by atoms with Crippen molar-refractivity contribution >= 4 is 11.9 Å². The van der Waals surface area contributed by atoms with Crippen LogP contribution in [-0.2, 0) is 40.4 Å². The number of carbonyl (C=O) groups is 2. The number of aromatic nitrogens is 3. The van der Waals surface area contributed by atoms with Gasteiger partial charge in [0.2, 0.25) is 0 Å². The van der Waals surface area contributed by atoms with Crippen molar-refractivity contribution in [3.05, 3.63) is 47.0 Å². The second-order valence-corrected chi connectivity index (χ2v) is 7.73. The molecular weight excluding hydrogens is 502 g/mol. The lowest BCUT2D eigenvalue weighted by Crippen LogP contribution is -2.31. The number of halogens is 6. The first-order valence-corrected chi connectivity index (χ1v) is 10.4. The third kappa shape index (κ3) is 9.81. The van der Waals surface area contributed by atoms with E-state index in [9.17, 15) is 26.3 Å². The number of methoxy groups -OCH3 is 1. The normalized spacial score (nSPS) is 13.7. The molecule has 9 nitrogen and oxygen atoms in total. The van der Waals surface area contributed by atoms with Crippen LogP contribution in [0.3, 0.4) is 0 Å². The highest BCUT2D eigenvalue weighted by molar-refractivity contribution is 5.73. The summed E-state index contributed by atoms with van der Waals surface area (Å²) in [5, 5.41) is 19.0. The van der Waals surface area contributed by atoms with Crippen molar-refractivity contribution in [2.75, 3.05) is 13.7 Å². The predicted molar refractivity (Wildman–Crippen MR) is 113 cm³/mol. The number of aliphatic carboxylic acids is 2. The third-order valence-corrected chi connectivity index (χ3v) is 4.62. The Labute approximate surface area is 202 Å². The van der Waals surface area contributed by atoms with Crippen LogP contribution in [0.15, 0.2) is 24.4 Å². The summed E-state index contributed by atoms with van der Waals surface area (Å²) in [6.07, 6.45) is -7.27. The Bertz CT molecular complexity index is 969. The van der Waals surface area contributed by atoms with Gasteiger partial charge in [-0.15, -0.1) is 0 Å². The zero-order valence-electron chi connectivity index (χ0n) is 19.6. The van der Waals surface area contributed by atoms with Gasteiger partial charge in [-0.3, -0.25) is 14.6 Å². The number of fused-ring (bicyclic) bond motifs is 1. The molecule has 15 heteroatoms. The zero-order valence-corrected chi connectivity index (χ0v) is 19.6. The van der Waals surface area contributed by atoms with Crippen molar-refractivity contribution in [1.82, 2.24) is 19.7 Å². The standard InChI is InChI=1S/C17H24N4O.2C2HF3O2/c1-13(2)21-17-11-20(10-14-6-4-5-8-18-14)9-7-15(17)16(19-21)12-22-3;2*3-2(4,5)1(6)7/h4-6,8,13H,7,9-12H2,1-3H3;2*(H,6,7). The Morgan fingerprint density at radius 2 is 1.64 bits per heavy atom. The van der Waals surface area contributed by atoms with E-state index < -0.39 is 24.3 Å². The molecule has 0 spiro atoms. The molecule has 2 aromatic heterocycles. The number of rotatable bonds is 5. The van der Waals surface area contributed by atoms with Crippen molar-refractivity contribution in [2.45, 2.75) is 58.4 Å². The minimum absolute atomic E-state index is 0.370. The molecule has 2 aromatic rings. The number of pyridine rings is 1. The molecule has 202 valence electrons. The van der Waals surface area contributed by atoms with E-state index in [0.29, 0.717) is 12.6 Å². The molecule has 0 aromatic carbocycles. The van der Waals surface area contributed by atoms with E-state index in [4.69, 9.17) is 29.6 Å². The lowest BCUT2D eigenvalue weighted by atomic mass is 10.0. The molecule has 0 unspecified atom stereocenters. The van der Waals surface area contributed by atoms with E-state index in [2.05, 4.69) is 34.5 Å². The molecule has 0 fully saturated rings. The van der Waals surface area contributed by atoms with Crippen LogP contribution in [0.4, 0.5) is 26.3 Å². The summed E-state index contributed by atoms with van der Waals surface area (Å²) < 4.78 is 70.9. The van der Waals surface area contributed by atoms with Crippen molar-refractivity contribution in [1.29, 1.82) is 0 Å². The maximum Gasteiger partial charge on any atom is 0.490 e. The zero-order chi connectivity index (χ0) is 27.7. The predicted octanol–water partition coefficient (Wildman–Crippen LogP) is 3.83. The van der Waals surface area contributed by atoms with Crippen molar-refractivity contribution in [2.24, 2.45) is 0 Å². The number of hydrogen-bond donors (Lipinski definition) is 2. The molecule has 3 heterocycles.